The summed E-state index contributed by atoms with van der Waals surface area (Å²) in [5.74, 6) is -1.15. The van der Waals surface area contributed by atoms with Crippen LogP contribution in [0.25, 0.3) is 5.65 Å². The highest BCUT2D eigenvalue weighted by Gasteiger charge is 2.39. The van der Waals surface area contributed by atoms with E-state index < -0.39 is 22.0 Å². The average Bonchev–Trinajstić information content (AvgIpc) is 3.05. The van der Waals surface area contributed by atoms with E-state index in [2.05, 4.69) is 10.1 Å². The van der Waals surface area contributed by atoms with Gasteiger partial charge in [-0.2, -0.15) is 9.40 Å². The van der Waals surface area contributed by atoms with Crippen LogP contribution < -0.4 is 0 Å². The first-order chi connectivity index (χ1) is 10.3. The Kier molecular flexibility index (Phi) is 3.58. The minimum Gasteiger partial charge on any atom is -0.480 e. The number of rotatable bonds is 3. The summed E-state index contributed by atoms with van der Waals surface area (Å²) >= 11 is 6.02. The summed E-state index contributed by atoms with van der Waals surface area (Å²) in [7, 11) is -3.94. The number of sulfonamides is 1. The standard InChI is InChI=1S/C12H13ClN4O4S/c1-7-10(13)11-14-5-8(6-16(11)15-7)22(20,21)17-4-2-3-9(17)12(18)19/h5-6,9H,2-4H2,1H3,(H,18,19)/t9-/m1/s1. The maximum atomic E-state index is 12.6. The van der Waals surface area contributed by atoms with Gasteiger partial charge in [-0.1, -0.05) is 11.6 Å². The Bertz CT molecular complexity index is 863. The molecule has 1 aliphatic rings. The molecule has 0 unspecified atom stereocenters. The number of carbonyl (C=O) groups is 1. The van der Waals surface area contributed by atoms with Crippen molar-refractivity contribution in [2.24, 2.45) is 0 Å². The molecule has 1 saturated heterocycles. The van der Waals surface area contributed by atoms with E-state index in [4.69, 9.17) is 16.7 Å². The number of hydrogen-bond donors (Lipinski definition) is 1. The average molecular weight is 345 g/mol. The number of nitrogens with zero attached hydrogens (tertiary/aromatic N) is 4. The predicted octanol–water partition coefficient (Wildman–Crippen LogP) is 0.929. The van der Waals surface area contributed by atoms with Crippen LogP contribution in [0.1, 0.15) is 18.5 Å². The summed E-state index contributed by atoms with van der Waals surface area (Å²) in [5.41, 5.74) is 0.891. The molecule has 1 N–H and O–H groups in total. The number of aromatic nitrogens is 3. The van der Waals surface area contributed by atoms with Gasteiger partial charge in [-0.05, 0) is 19.8 Å². The lowest BCUT2D eigenvalue weighted by molar-refractivity contribution is -0.140. The zero-order valence-corrected chi connectivity index (χ0v) is 13.2. The third kappa shape index (κ3) is 2.25. The van der Waals surface area contributed by atoms with E-state index in [0.717, 1.165) is 4.31 Å². The number of aryl methyl sites for hydroxylation is 1. The summed E-state index contributed by atoms with van der Waals surface area (Å²) in [6, 6.07) is -1.04. The van der Waals surface area contributed by atoms with E-state index in [1.807, 2.05) is 0 Å². The molecule has 118 valence electrons. The molecule has 10 heteroatoms. The lowest BCUT2D eigenvalue weighted by Crippen LogP contribution is -2.40. The van der Waals surface area contributed by atoms with Crippen molar-refractivity contribution >= 4 is 33.2 Å². The number of fused-ring (bicyclic) bond motifs is 1. The maximum Gasteiger partial charge on any atom is 0.322 e. The molecule has 0 saturated carbocycles. The second kappa shape index (κ2) is 5.18. The normalized spacial score (nSPS) is 19.8. The van der Waals surface area contributed by atoms with E-state index in [0.29, 0.717) is 29.2 Å². The number of carboxylic acid groups (broad SMARTS) is 1. The second-order valence-electron chi connectivity index (χ2n) is 5.07. The Balaban J connectivity index is 2.07. The Morgan fingerprint density at radius 1 is 1.50 bits per heavy atom. The highest BCUT2D eigenvalue weighted by atomic mass is 35.5. The zero-order chi connectivity index (χ0) is 16.1. The molecule has 0 amide bonds. The van der Waals surface area contributed by atoms with Crippen LogP contribution in [0.4, 0.5) is 0 Å². The molecule has 3 heterocycles. The summed E-state index contributed by atoms with van der Waals surface area (Å²) in [5, 5.41) is 13.6. The minimum atomic E-state index is -3.94. The fourth-order valence-electron chi connectivity index (χ4n) is 2.54. The Hall–Kier alpha value is -1.71. The van der Waals surface area contributed by atoms with Crippen molar-refractivity contribution < 1.29 is 18.3 Å². The molecule has 1 atom stereocenters. The molecule has 0 bridgehead atoms. The van der Waals surface area contributed by atoms with Gasteiger partial charge in [0.05, 0.1) is 18.1 Å². The SMILES string of the molecule is Cc1nn2cc(S(=O)(=O)N3CCC[C@@H]3C(=O)O)cnc2c1Cl. The lowest BCUT2D eigenvalue weighted by atomic mass is 10.2. The summed E-state index contributed by atoms with van der Waals surface area (Å²) in [6.45, 7) is 1.86. The summed E-state index contributed by atoms with van der Waals surface area (Å²) in [4.78, 5) is 15.1. The molecule has 0 aromatic carbocycles. The molecular formula is C12H13ClN4O4S. The van der Waals surface area contributed by atoms with Crippen LogP contribution in [0.5, 0.6) is 0 Å². The van der Waals surface area contributed by atoms with E-state index in [1.54, 1.807) is 6.92 Å². The fraction of sp³-hybridized carbons (Fsp3) is 0.417. The van der Waals surface area contributed by atoms with Gasteiger partial charge in [-0.15, -0.1) is 0 Å². The molecule has 0 aliphatic carbocycles. The number of carboxylic acids is 1. The number of halogens is 1. The van der Waals surface area contributed by atoms with Gasteiger partial charge in [0.1, 0.15) is 16.0 Å². The topological polar surface area (TPSA) is 105 Å². The first-order valence-corrected chi connectivity index (χ1v) is 8.39. The van der Waals surface area contributed by atoms with Crippen molar-refractivity contribution in [3.8, 4) is 0 Å². The van der Waals surface area contributed by atoms with Crippen molar-refractivity contribution in [3.63, 3.8) is 0 Å². The van der Waals surface area contributed by atoms with Crippen LogP contribution in [0.3, 0.4) is 0 Å². The lowest BCUT2D eigenvalue weighted by Gasteiger charge is -2.20. The van der Waals surface area contributed by atoms with Crippen molar-refractivity contribution in [2.75, 3.05) is 6.54 Å². The van der Waals surface area contributed by atoms with Gasteiger partial charge in [-0.25, -0.2) is 17.9 Å². The molecule has 0 radical (unpaired) electrons. The van der Waals surface area contributed by atoms with Crippen LogP contribution in [0, 0.1) is 6.92 Å². The molecule has 2 aromatic heterocycles. The van der Waals surface area contributed by atoms with Crippen molar-refractivity contribution in [1.29, 1.82) is 0 Å². The molecule has 2 aromatic rings. The minimum absolute atomic E-state index is 0.104. The fourth-order valence-corrected chi connectivity index (χ4v) is 4.31. The van der Waals surface area contributed by atoms with Crippen LogP contribution in [-0.2, 0) is 14.8 Å². The molecule has 22 heavy (non-hydrogen) atoms. The molecule has 1 aliphatic heterocycles. The van der Waals surface area contributed by atoms with E-state index >= 15 is 0 Å². The first kappa shape index (κ1) is 15.2. The van der Waals surface area contributed by atoms with E-state index in [9.17, 15) is 13.2 Å². The Labute approximate surface area is 131 Å². The summed E-state index contributed by atoms with van der Waals surface area (Å²) in [6.07, 6.45) is 3.29. The van der Waals surface area contributed by atoms with Gasteiger partial charge in [0, 0.05) is 6.54 Å². The Morgan fingerprint density at radius 2 is 2.23 bits per heavy atom. The second-order valence-corrected chi connectivity index (χ2v) is 7.34. The number of aliphatic carboxylic acids is 1. The van der Waals surface area contributed by atoms with Gasteiger partial charge in [0.25, 0.3) is 0 Å². The van der Waals surface area contributed by atoms with E-state index in [-0.39, 0.29) is 11.4 Å². The van der Waals surface area contributed by atoms with E-state index in [1.165, 1.54) is 16.9 Å². The quantitative estimate of drug-likeness (QED) is 0.888. The van der Waals surface area contributed by atoms with Gasteiger partial charge >= 0.3 is 5.97 Å². The highest BCUT2D eigenvalue weighted by Crippen LogP contribution is 2.27. The third-order valence-corrected chi connectivity index (χ3v) is 5.95. The molecule has 8 nitrogen and oxygen atoms in total. The van der Waals surface area contributed by atoms with Gasteiger partial charge in [0.15, 0.2) is 5.65 Å². The van der Waals surface area contributed by atoms with Crippen LogP contribution in [0.15, 0.2) is 17.3 Å². The maximum absolute atomic E-state index is 12.6. The van der Waals surface area contributed by atoms with Crippen molar-refractivity contribution in [1.82, 2.24) is 18.9 Å². The van der Waals surface area contributed by atoms with Crippen LogP contribution in [-0.4, -0.2) is 51.0 Å². The van der Waals surface area contributed by atoms with Crippen LogP contribution in [0.2, 0.25) is 5.02 Å². The molecular weight excluding hydrogens is 332 g/mol. The molecule has 1 fully saturated rings. The van der Waals surface area contributed by atoms with Gasteiger partial charge in [-0.3, -0.25) is 4.79 Å². The largest absolute Gasteiger partial charge is 0.480 e. The highest BCUT2D eigenvalue weighted by molar-refractivity contribution is 7.89. The molecule has 0 spiro atoms. The smallest absolute Gasteiger partial charge is 0.322 e. The summed E-state index contributed by atoms with van der Waals surface area (Å²) < 4.78 is 27.6. The molecule has 3 rings (SSSR count). The van der Waals surface area contributed by atoms with Crippen molar-refractivity contribution in [3.05, 3.63) is 23.1 Å². The monoisotopic (exact) mass is 344 g/mol. The third-order valence-electron chi connectivity index (χ3n) is 3.65. The van der Waals surface area contributed by atoms with Crippen LogP contribution >= 0.6 is 11.6 Å². The van der Waals surface area contributed by atoms with Gasteiger partial charge in [0.2, 0.25) is 10.0 Å². The predicted molar refractivity (Wildman–Crippen MR) is 77.3 cm³/mol. The first-order valence-electron chi connectivity index (χ1n) is 6.57. The van der Waals surface area contributed by atoms with Gasteiger partial charge < -0.3 is 5.11 Å². The zero-order valence-electron chi connectivity index (χ0n) is 11.6. The Morgan fingerprint density at radius 3 is 2.91 bits per heavy atom. The number of hydrogen-bond acceptors (Lipinski definition) is 5. The van der Waals surface area contributed by atoms with Crippen molar-refractivity contribution in [2.45, 2.75) is 30.7 Å².